The van der Waals surface area contributed by atoms with Crippen LogP contribution in [0.4, 0.5) is 11.4 Å². The van der Waals surface area contributed by atoms with E-state index in [-0.39, 0.29) is 0 Å². The number of rotatable bonds is 2. The first-order valence-electron chi connectivity index (χ1n) is 7.54. The first-order valence-corrected chi connectivity index (χ1v) is 7.54. The minimum absolute atomic E-state index is 0.700. The van der Waals surface area contributed by atoms with Gasteiger partial charge in [0, 0.05) is 17.3 Å². The van der Waals surface area contributed by atoms with Crippen molar-refractivity contribution in [3.63, 3.8) is 0 Å². The molecule has 110 valence electrons. The van der Waals surface area contributed by atoms with Gasteiger partial charge >= 0.3 is 0 Å². The van der Waals surface area contributed by atoms with Crippen LogP contribution in [0.15, 0.2) is 95.0 Å². The summed E-state index contributed by atoms with van der Waals surface area (Å²) in [5.74, 6) is 0.700. The van der Waals surface area contributed by atoms with Gasteiger partial charge in [0.2, 0.25) is 0 Å². The average Bonchev–Trinajstić information content (AvgIpc) is 2.83. The van der Waals surface area contributed by atoms with E-state index in [1.54, 1.807) is 0 Å². The van der Waals surface area contributed by atoms with Gasteiger partial charge in [-0.2, -0.15) is 0 Å². The number of benzene rings is 3. The predicted molar refractivity (Wildman–Crippen MR) is 95.6 cm³/mol. The second-order valence-corrected chi connectivity index (χ2v) is 5.25. The monoisotopic (exact) mass is 297 g/mol. The lowest BCUT2D eigenvalue weighted by molar-refractivity contribution is 1.08. The molecule has 0 atom stereocenters. The van der Waals surface area contributed by atoms with Crippen molar-refractivity contribution < 1.29 is 0 Å². The minimum Gasteiger partial charge on any atom is -0.234 e. The molecule has 3 heteroatoms. The van der Waals surface area contributed by atoms with E-state index in [9.17, 15) is 0 Å². The molecular weight excluding hydrogens is 282 g/mol. The van der Waals surface area contributed by atoms with Gasteiger partial charge in [-0.3, -0.25) is 0 Å². The number of nitrogens with zero attached hydrogens (tertiary/aromatic N) is 3. The van der Waals surface area contributed by atoms with Crippen LogP contribution in [0.5, 0.6) is 0 Å². The largest absolute Gasteiger partial charge is 0.234 e. The highest BCUT2D eigenvalue weighted by Gasteiger charge is 2.16. The number of fused-ring (bicyclic) bond motifs is 1. The third-order valence-corrected chi connectivity index (χ3v) is 3.72. The molecule has 4 rings (SSSR count). The zero-order chi connectivity index (χ0) is 15.5. The molecule has 0 radical (unpaired) electrons. The summed E-state index contributed by atoms with van der Waals surface area (Å²) in [4.78, 5) is 4.59. The fourth-order valence-electron chi connectivity index (χ4n) is 2.58. The van der Waals surface area contributed by atoms with Crippen molar-refractivity contribution in [3.8, 4) is 0 Å². The molecule has 0 saturated carbocycles. The number of amidine groups is 1. The molecule has 0 amide bonds. The number of hydrogen-bond acceptors (Lipinski definition) is 3. The molecule has 3 nitrogen and oxygen atoms in total. The van der Waals surface area contributed by atoms with E-state index in [0.717, 1.165) is 22.5 Å². The van der Waals surface area contributed by atoms with E-state index >= 15 is 0 Å². The van der Waals surface area contributed by atoms with E-state index in [4.69, 9.17) is 5.10 Å². The molecule has 3 aromatic carbocycles. The average molecular weight is 297 g/mol. The molecule has 23 heavy (non-hydrogen) atoms. The van der Waals surface area contributed by atoms with E-state index in [1.807, 2.05) is 84.0 Å². The standard InChI is InChI=1S/C20H15N3/c1-3-9-16(10-4-1)20-21-15-17-11-7-8-14-19(17)23(22-20)18-12-5-2-6-13-18/h1-15H. The summed E-state index contributed by atoms with van der Waals surface area (Å²) >= 11 is 0. The van der Waals surface area contributed by atoms with Crippen molar-refractivity contribution in [2.45, 2.75) is 0 Å². The molecule has 1 heterocycles. The van der Waals surface area contributed by atoms with Crippen LogP contribution in [0.2, 0.25) is 0 Å². The van der Waals surface area contributed by atoms with Crippen LogP contribution in [-0.4, -0.2) is 12.1 Å². The van der Waals surface area contributed by atoms with Crippen LogP contribution in [-0.2, 0) is 0 Å². The summed E-state index contributed by atoms with van der Waals surface area (Å²) in [6, 6.07) is 28.3. The van der Waals surface area contributed by atoms with Crippen molar-refractivity contribution in [2.75, 3.05) is 5.01 Å². The molecule has 0 aliphatic carbocycles. The second kappa shape index (κ2) is 5.89. The molecule has 0 fully saturated rings. The lowest BCUT2D eigenvalue weighted by Gasteiger charge is -2.20. The molecule has 0 N–H and O–H groups in total. The molecule has 1 aliphatic heterocycles. The highest BCUT2D eigenvalue weighted by atomic mass is 15.5. The van der Waals surface area contributed by atoms with Gasteiger partial charge in [0.1, 0.15) is 0 Å². The smallest absolute Gasteiger partial charge is 0.180 e. The van der Waals surface area contributed by atoms with Crippen LogP contribution in [0, 0.1) is 0 Å². The van der Waals surface area contributed by atoms with Crippen molar-refractivity contribution in [1.29, 1.82) is 0 Å². The summed E-state index contributed by atoms with van der Waals surface area (Å²) in [7, 11) is 0. The summed E-state index contributed by atoms with van der Waals surface area (Å²) < 4.78 is 0. The Bertz CT molecular complexity index is 868. The van der Waals surface area contributed by atoms with Crippen LogP contribution >= 0.6 is 0 Å². The Morgan fingerprint density at radius 3 is 2.09 bits per heavy atom. The van der Waals surface area contributed by atoms with Crippen molar-refractivity contribution in [2.24, 2.45) is 10.1 Å². The van der Waals surface area contributed by atoms with E-state index < -0.39 is 0 Å². The number of hydrogen-bond donors (Lipinski definition) is 0. The Morgan fingerprint density at radius 1 is 0.652 bits per heavy atom. The predicted octanol–water partition coefficient (Wildman–Crippen LogP) is 4.62. The topological polar surface area (TPSA) is 28.0 Å². The highest BCUT2D eigenvalue weighted by Crippen LogP contribution is 2.30. The number of hydrazone groups is 1. The highest BCUT2D eigenvalue weighted by molar-refractivity contribution is 6.08. The van der Waals surface area contributed by atoms with Gasteiger partial charge < -0.3 is 0 Å². The Labute approximate surface area is 135 Å². The van der Waals surface area contributed by atoms with Crippen molar-refractivity contribution >= 4 is 23.4 Å². The third kappa shape index (κ3) is 2.64. The van der Waals surface area contributed by atoms with Gasteiger partial charge in [0.15, 0.2) is 5.84 Å². The van der Waals surface area contributed by atoms with Crippen LogP contribution in [0.1, 0.15) is 11.1 Å². The molecular formula is C20H15N3. The van der Waals surface area contributed by atoms with Gasteiger partial charge in [-0.05, 0) is 18.2 Å². The van der Waals surface area contributed by atoms with Gasteiger partial charge in [0.05, 0.1) is 11.4 Å². The molecule has 3 aromatic rings. The zero-order valence-corrected chi connectivity index (χ0v) is 12.5. The molecule has 0 unspecified atom stereocenters. The van der Waals surface area contributed by atoms with Crippen molar-refractivity contribution in [3.05, 3.63) is 96.1 Å². The van der Waals surface area contributed by atoms with E-state index in [2.05, 4.69) is 17.1 Å². The summed E-state index contributed by atoms with van der Waals surface area (Å²) in [6.45, 7) is 0. The lowest BCUT2D eigenvalue weighted by Crippen LogP contribution is -2.12. The SMILES string of the molecule is C1=NC(c2ccccc2)=NN(c2ccccc2)c2ccccc21. The van der Waals surface area contributed by atoms with E-state index in [1.165, 1.54) is 0 Å². The van der Waals surface area contributed by atoms with Crippen LogP contribution in [0.25, 0.3) is 0 Å². The maximum absolute atomic E-state index is 4.81. The quantitative estimate of drug-likeness (QED) is 0.678. The molecule has 1 aliphatic rings. The van der Waals surface area contributed by atoms with E-state index in [0.29, 0.717) is 5.84 Å². The number of para-hydroxylation sites is 2. The summed E-state index contributed by atoms with van der Waals surface area (Å²) in [6.07, 6.45) is 1.88. The molecule has 0 spiro atoms. The Balaban J connectivity index is 1.89. The minimum atomic E-state index is 0.700. The fourth-order valence-corrected chi connectivity index (χ4v) is 2.58. The van der Waals surface area contributed by atoms with Crippen molar-refractivity contribution in [1.82, 2.24) is 0 Å². The molecule has 0 saturated heterocycles. The van der Waals surface area contributed by atoms with Gasteiger partial charge in [-0.1, -0.05) is 66.7 Å². The Hall–Kier alpha value is -3.20. The molecule has 0 aromatic heterocycles. The summed E-state index contributed by atoms with van der Waals surface area (Å²) in [5, 5.41) is 6.76. The van der Waals surface area contributed by atoms with Gasteiger partial charge in [-0.15, -0.1) is 5.10 Å². The first kappa shape index (κ1) is 13.5. The lowest BCUT2D eigenvalue weighted by atomic mass is 10.1. The third-order valence-electron chi connectivity index (χ3n) is 3.72. The number of anilines is 2. The maximum Gasteiger partial charge on any atom is 0.180 e. The Morgan fingerprint density at radius 2 is 1.30 bits per heavy atom. The maximum atomic E-state index is 4.81. The molecule has 0 bridgehead atoms. The van der Waals surface area contributed by atoms with Gasteiger partial charge in [-0.25, -0.2) is 10.0 Å². The second-order valence-electron chi connectivity index (χ2n) is 5.25. The van der Waals surface area contributed by atoms with Crippen LogP contribution in [0.3, 0.4) is 0 Å². The normalized spacial score (nSPS) is 13.2. The zero-order valence-electron chi connectivity index (χ0n) is 12.5. The Kier molecular flexibility index (Phi) is 3.45. The first-order chi connectivity index (χ1) is 11.4. The van der Waals surface area contributed by atoms with Crippen LogP contribution < -0.4 is 5.01 Å². The number of aliphatic imine (C=N–C) groups is 1. The summed E-state index contributed by atoms with van der Waals surface area (Å²) in [5.41, 5.74) is 4.08. The fraction of sp³-hybridized carbons (Fsp3) is 0. The van der Waals surface area contributed by atoms with Gasteiger partial charge in [0.25, 0.3) is 0 Å².